The van der Waals surface area contributed by atoms with Gasteiger partial charge in [-0.05, 0) is 25.0 Å². The molecule has 0 aromatic heterocycles. The molecule has 0 aliphatic heterocycles. The maximum Gasteiger partial charge on any atom is 0.282 e. The number of hydrogen-bond acceptors (Lipinski definition) is 4. The van der Waals surface area contributed by atoms with Crippen LogP contribution >= 0.6 is 11.6 Å². The average molecular weight is 313 g/mol. The van der Waals surface area contributed by atoms with E-state index in [-0.39, 0.29) is 22.2 Å². The minimum absolute atomic E-state index is 0.000871. The quantitative estimate of drug-likeness (QED) is 0.660. The van der Waals surface area contributed by atoms with Gasteiger partial charge in [-0.25, -0.2) is 0 Å². The van der Waals surface area contributed by atoms with E-state index in [4.69, 9.17) is 11.6 Å². The lowest BCUT2D eigenvalue weighted by molar-refractivity contribution is -0.385. The van der Waals surface area contributed by atoms with Crippen molar-refractivity contribution in [3.63, 3.8) is 0 Å². The first-order valence-corrected chi connectivity index (χ1v) is 7.27. The zero-order valence-electron chi connectivity index (χ0n) is 11.4. The van der Waals surface area contributed by atoms with Crippen LogP contribution in [0.1, 0.15) is 36.0 Å². The predicted octanol–water partition coefficient (Wildman–Crippen LogP) is 2.53. The van der Waals surface area contributed by atoms with Crippen LogP contribution in [0.15, 0.2) is 18.2 Å². The van der Waals surface area contributed by atoms with Gasteiger partial charge in [0.1, 0.15) is 5.56 Å². The van der Waals surface area contributed by atoms with Crippen LogP contribution in [0.2, 0.25) is 5.02 Å². The number of halogens is 1. The fraction of sp³-hybridized carbons (Fsp3) is 0.500. The summed E-state index contributed by atoms with van der Waals surface area (Å²) in [6, 6.07) is 3.88. The number of nitro benzene ring substituents is 1. The first-order valence-electron chi connectivity index (χ1n) is 6.89. The molecule has 21 heavy (non-hydrogen) atoms. The summed E-state index contributed by atoms with van der Waals surface area (Å²) in [6.07, 6.45) is 3.17. The van der Waals surface area contributed by atoms with Crippen molar-refractivity contribution in [3.8, 4) is 0 Å². The monoisotopic (exact) mass is 312 g/mol. The van der Waals surface area contributed by atoms with Crippen molar-refractivity contribution in [2.24, 2.45) is 5.92 Å². The summed E-state index contributed by atoms with van der Waals surface area (Å²) in [7, 11) is 0. The number of benzene rings is 1. The Morgan fingerprint density at radius 1 is 1.43 bits per heavy atom. The van der Waals surface area contributed by atoms with Gasteiger partial charge in [0.2, 0.25) is 0 Å². The van der Waals surface area contributed by atoms with Gasteiger partial charge in [-0.2, -0.15) is 0 Å². The summed E-state index contributed by atoms with van der Waals surface area (Å²) in [5, 5.41) is 23.7. The van der Waals surface area contributed by atoms with Crippen molar-refractivity contribution < 1.29 is 14.8 Å². The lowest BCUT2D eigenvalue weighted by atomic mass is 9.86. The molecule has 0 bridgehead atoms. The van der Waals surface area contributed by atoms with E-state index < -0.39 is 16.9 Å². The van der Waals surface area contributed by atoms with Crippen molar-refractivity contribution in [1.29, 1.82) is 0 Å². The third kappa shape index (κ3) is 3.92. The number of aliphatic hydroxyl groups excluding tert-OH is 1. The molecule has 0 heterocycles. The molecule has 1 saturated carbocycles. The molecular weight excluding hydrogens is 296 g/mol. The van der Waals surface area contributed by atoms with Crippen LogP contribution in [0.25, 0.3) is 0 Å². The Morgan fingerprint density at radius 2 is 2.14 bits per heavy atom. The zero-order chi connectivity index (χ0) is 15.4. The second kappa shape index (κ2) is 6.87. The van der Waals surface area contributed by atoms with Crippen LogP contribution in [-0.2, 0) is 0 Å². The number of nitrogens with zero attached hydrogens (tertiary/aromatic N) is 1. The molecule has 1 fully saturated rings. The van der Waals surface area contributed by atoms with E-state index in [1.165, 1.54) is 18.2 Å². The maximum atomic E-state index is 12.1. The van der Waals surface area contributed by atoms with Gasteiger partial charge in [0.25, 0.3) is 11.6 Å². The van der Waals surface area contributed by atoms with Crippen molar-refractivity contribution >= 4 is 23.2 Å². The van der Waals surface area contributed by atoms with Crippen molar-refractivity contribution in [2.75, 3.05) is 6.54 Å². The highest BCUT2D eigenvalue weighted by Crippen LogP contribution is 2.25. The Bertz CT molecular complexity index is 550. The fourth-order valence-electron chi connectivity index (χ4n) is 2.59. The molecule has 1 aromatic carbocycles. The summed E-state index contributed by atoms with van der Waals surface area (Å²) >= 11 is 5.80. The Balaban J connectivity index is 2.06. The third-order valence-corrected chi connectivity index (χ3v) is 4.03. The number of carbonyl (C=O) groups is 1. The Kier molecular flexibility index (Phi) is 5.14. The molecule has 0 spiro atoms. The normalized spacial score (nSPS) is 21.8. The van der Waals surface area contributed by atoms with Gasteiger partial charge >= 0.3 is 0 Å². The highest BCUT2D eigenvalue weighted by atomic mass is 35.5. The van der Waals surface area contributed by atoms with Crippen molar-refractivity contribution in [3.05, 3.63) is 38.9 Å². The molecule has 114 valence electrons. The number of hydrogen-bond donors (Lipinski definition) is 2. The maximum absolute atomic E-state index is 12.1. The smallest absolute Gasteiger partial charge is 0.282 e. The number of aliphatic hydroxyl groups is 1. The van der Waals surface area contributed by atoms with Gasteiger partial charge in [0.15, 0.2) is 0 Å². The predicted molar refractivity (Wildman–Crippen MR) is 78.4 cm³/mol. The fourth-order valence-corrected chi connectivity index (χ4v) is 2.77. The first kappa shape index (κ1) is 15.7. The molecule has 0 saturated heterocycles. The average Bonchev–Trinajstić information content (AvgIpc) is 2.45. The molecular formula is C14H17ClN2O4. The number of nitrogens with one attached hydrogen (secondary N) is 1. The molecule has 1 aromatic rings. The van der Waals surface area contributed by atoms with Gasteiger partial charge < -0.3 is 10.4 Å². The van der Waals surface area contributed by atoms with E-state index in [1.54, 1.807) is 0 Å². The molecule has 7 heteroatoms. The van der Waals surface area contributed by atoms with Gasteiger partial charge in [-0.15, -0.1) is 0 Å². The van der Waals surface area contributed by atoms with E-state index in [2.05, 4.69) is 5.32 Å². The molecule has 2 rings (SSSR count). The molecule has 2 atom stereocenters. The highest BCUT2D eigenvalue weighted by Gasteiger charge is 2.25. The summed E-state index contributed by atoms with van der Waals surface area (Å²) in [4.78, 5) is 22.4. The zero-order valence-corrected chi connectivity index (χ0v) is 12.2. The van der Waals surface area contributed by atoms with E-state index in [1.807, 2.05) is 0 Å². The van der Waals surface area contributed by atoms with Gasteiger partial charge in [0, 0.05) is 23.6 Å². The van der Waals surface area contributed by atoms with Gasteiger partial charge in [-0.3, -0.25) is 14.9 Å². The topological polar surface area (TPSA) is 92.5 Å². The second-order valence-electron chi connectivity index (χ2n) is 5.24. The lowest BCUT2D eigenvalue weighted by Gasteiger charge is -2.27. The minimum atomic E-state index is -0.610. The lowest BCUT2D eigenvalue weighted by Crippen LogP contribution is -2.36. The summed E-state index contributed by atoms with van der Waals surface area (Å²) in [5.74, 6) is -0.539. The van der Waals surface area contributed by atoms with E-state index in [9.17, 15) is 20.0 Å². The molecule has 2 N–H and O–H groups in total. The highest BCUT2D eigenvalue weighted by molar-refractivity contribution is 6.31. The summed E-state index contributed by atoms with van der Waals surface area (Å²) in [5.41, 5.74) is -0.334. The van der Waals surface area contributed by atoms with E-state index in [0.717, 1.165) is 25.7 Å². The largest absolute Gasteiger partial charge is 0.393 e. The SMILES string of the molecule is O=C(NCC1CCCCC1O)c1cc(Cl)ccc1[N+](=O)[O-]. The van der Waals surface area contributed by atoms with Crippen LogP contribution in [0, 0.1) is 16.0 Å². The molecule has 2 unspecified atom stereocenters. The Labute approximate surface area is 127 Å². The molecule has 1 amide bonds. The van der Waals surface area contributed by atoms with Gasteiger partial charge in [0.05, 0.1) is 11.0 Å². The summed E-state index contributed by atoms with van der Waals surface area (Å²) < 4.78 is 0. The minimum Gasteiger partial charge on any atom is -0.393 e. The number of nitro groups is 1. The van der Waals surface area contributed by atoms with E-state index in [0.29, 0.717) is 6.54 Å². The Hall–Kier alpha value is -1.66. The molecule has 1 aliphatic carbocycles. The van der Waals surface area contributed by atoms with Crippen LogP contribution in [0.5, 0.6) is 0 Å². The molecule has 6 nitrogen and oxygen atoms in total. The third-order valence-electron chi connectivity index (χ3n) is 3.79. The number of rotatable bonds is 4. The molecule has 0 radical (unpaired) electrons. The van der Waals surface area contributed by atoms with Crippen molar-refractivity contribution in [1.82, 2.24) is 5.32 Å². The summed E-state index contributed by atoms with van der Waals surface area (Å²) in [6.45, 7) is 0.309. The first-order chi connectivity index (χ1) is 9.99. The Morgan fingerprint density at radius 3 is 2.81 bits per heavy atom. The van der Waals surface area contributed by atoms with Gasteiger partial charge in [-0.1, -0.05) is 24.4 Å². The molecule has 1 aliphatic rings. The van der Waals surface area contributed by atoms with E-state index >= 15 is 0 Å². The van der Waals surface area contributed by atoms with Crippen LogP contribution in [0.3, 0.4) is 0 Å². The van der Waals surface area contributed by atoms with Crippen molar-refractivity contribution in [2.45, 2.75) is 31.8 Å². The van der Waals surface area contributed by atoms with Crippen LogP contribution in [-0.4, -0.2) is 28.6 Å². The number of carbonyl (C=O) groups excluding carboxylic acids is 1. The second-order valence-corrected chi connectivity index (χ2v) is 5.68. The van der Waals surface area contributed by atoms with Crippen LogP contribution < -0.4 is 5.32 Å². The van der Waals surface area contributed by atoms with Crippen LogP contribution in [0.4, 0.5) is 5.69 Å². The number of amides is 1. The standard InChI is InChI=1S/C14H17ClN2O4/c15-10-5-6-12(17(20)21)11(7-10)14(19)16-8-9-3-1-2-4-13(9)18/h5-7,9,13,18H,1-4,8H2,(H,16,19).